The topological polar surface area (TPSA) is 91.1 Å². The minimum Gasteiger partial charge on any atom is -0.349 e. The molecule has 2 aromatic heterocycles. The van der Waals surface area contributed by atoms with Crippen LogP contribution in [0.4, 0.5) is 0 Å². The summed E-state index contributed by atoms with van der Waals surface area (Å²) < 4.78 is 27.5. The van der Waals surface area contributed by atoms with Crippen LogP contribution in [-0.2, 0) is 16.4 Å². The van der Waals surface area contributed by atoms with E-state index in [0.717, 1.165) is 22.1 Å². The second kappa shape index (κ2) is 6.79. The minimum atomic E-state index is -3.45. The van der Waals surface area contributed by atoms with Crippen molar-refractivity contribution in [2.75, 3.05) is 6.26 Å². The van der Waals surface area contributed by atoms with Crippen LogP contribution in [0.15, 0.2) is 30.3 Å². The predicted octanol–water partition coefficient (Wildman–Crippen LogP) is 3.48. The van der Waals surface area contributed by atoms with Crippen molar-refractivity contribution in [2.24, 2.45) is 0 Å². The van der Waals surface area contributed by atoms with E-state index in [1.54, 1.807) is 6.07 Å². The average molecular weight is 444 g/mol. The van der Waals surface area contributed by atoms with Crippen LogP contribution in [-0.4, -0.2) is 31.6 Å². The summed E-state index contributed by atoms with van der Waals surface area (Å²) in [4.78, 5) is 15.7. The first-order valence-corrected chi connectivity index (χ1v) is 11.5. The maximum Gasteiger partial charge on any atom is 0.268 e. The number of halogens is 2. The molecule has 10 heteroatoms. The van der Waals surface area contributed by atoms with Crippen LogP contribution in [0.3, 0.4) is 0 Å². The number of benzene rings is 1. The lowest BCUT2D eigenvalue weighted by Gasteiger charge is -2.22. The Morgan fingerprint density at radius 3 is 2.74 bits per heavy atom. The molecule has 1 amide bonds. The molecule has 0 bridgehead atoms. The average Bonchev–Trinajstić information content (AvgIpc) is 3.22. The Kier molecular flexibility index (Phi) is 4.72. The first-order chi connectivity index (χ1) is 12.7. The number of amides is 1. The van der Waals surface area contributed by atoms with Crippen molar-refractivity contribution in [1.82, 2.24) is 15.0 Å². The van der Waals surface area contributed by atoms with Crippen molar-refractivity contribution in [3.05, 3.63) is 56.5 Å². The molecular formula is C17H15Cl2N3O3S2. The van der Waals surface area contributed by atoms with Gasteiger partial charge in [-0.2, -0.15) is 0 Å². The number of sulfonamides is 1. The number of hydrogen-bond donors (Lipinski definition) is 3. The zero-order valence-electron chi connectivity index (χ0n) is 14.0. The first-order valence-electron chi connectivity index (χ1n) is 8.05. The summed E-state index contributed by atoms with van der Waals surface area (Å²) in [5, 5.41) is 3.32. The number of rotatable bonds is 4. The molecule has 0 saturated heterocycles. The molecule has 27 heavy (non-hydrogen) atoms. The summed E-state index contributed by atoms with van der Waals surface area (Å²) in [5.74, 6) is -0.330. The highest BCUT2D eigenvalue weighted by atomic mass is 35.5. The van der Waals surface area contributed by atoms with Crippen molar-refractivity contribution < 1.29 is 13.2 Å². The van der Waals surface area contributed by atoms with Crippen LogP contribution in [0, 0.1) is 0 Å². The molecular weight excluding hydrogens is 429 g/mol. The number of carbonyl (C=O) groups is 1. The first kappa shape index (κ1) is 18.8. The largest absolute Gasteiger partial charge is 0.349 e. The van der Waals surface area contributed by atoms with Crippen LogP contribution in [0.25, 0.3) is 10.2 Å². The molecule has 0 saturated carbocycles. The molecule has 1 aliphatic rings. The van der Waals surface area contributed by atoms with Gasteiger partial charge >= 0.3 is 0 Å². The number of nitrogens with one attached hydrogen (secondary N) is 3. The predicted molar refractivity (Wildman–Crippen MR) is 108 cm³/mol. The molecule has 3 N–H and O–H groups in total. The quantitative estimate of drug-likeness (QED) is 0.576. The summed E-state index contributed by atoms with van der Waals surface area (Å²) >= 11 is 13.4. The van der Waals surface area contributed by atoms with E-state index in [1.165, 1.54) is 11.3 Å². The lowest BCUT2D eigenvalue weighted by atomic mass is 10.1. The number of H-pyrrole nitrogens is 1. The highest BCUT2D eigenvalue weighted by molar-refractivity contribution is 7.88. The second-order valence-electron chi connectivity index (χ2n) is 6.46. The van der Waals surface area contributed by atoms with Crippen LogP contribution in [0.2, 0.25) is 9.36 Å². The lowest BCUT2D eigenvalue weighted by Crippen LogP contribution is -2.44. The normalized spacial score (nSPS) is 19.4. The van der Waals surface area contributed by atoms with E-state index in [9.17, 15) is 13.2 Å². The van der Waals surface area contributed by atoms with Crippen LogP contribution in [0.1, 0.15) is 27.7 Å². The monoisotopic (exact) mass is 443 g/mol. The van der Waals surface area contributed by atoms with Crippen molar-refractivity contribution in [3.8, 4) is 0 Å². The van der Waals surface area contributed by atoms with Gasteiger partial charge in [-0.15, -0.1) is 11.3 Å². The van der Waals surface area contributed by atoms with Crippen molar-refractivity contribution >= 4 is 60.7 Å². The fourth-order valence-corrected chi connectivity index (χ4v) is 5.63. The third-order valence-corrected chi connectivity index (χ3v) is 7.12. The van der Waals surface area contributed by atoms with Gasteiger partial charge in [-0.3, -0.25) is 4.79 Å². The van der Waals surface area contributed by atoms with Gasteiger partial charge in [-0.25, -0.2) is 13.1 Å². The number of aromatic amines is 1. The Morgan fingerprint density at radius 1 is 1.30 bits per heavy atom. The molecule has 3 aromatic rings. The molecule has 1 aromatic carbocycles. The zero-order valence-corrected chi connectivity index (χ0v) is 17.2. The van der Waals surface area contributed by atoms with Crippen LogP contribution >= 0.6 is 34.5 Å². The lowest BCUT2D eigenvalue weighted by molar-refractivity contribution is 0.0927. The van der Waals surface area contributed by atoms with Gasteiger partial charge in [0.2, 0.25) is 10.0 Å². The second-order valence-corrected chi connectivity index (χ2v) is 10.3. The summed E-state index contributed by atoms with van der Waals surface area (Å²) in [5.41, 5.74) is 2.85. The minimum absolute atomic E-state index is 0.330. The number of hydrogen-bond acceptors (Lipinski definition) is 4. The number of fused-ring (bicyclic) bond motifs is 2. The maximum absolute atomic E-state index is 12.7. The zero-order chi connectivity index (χ0) is 19.3. The highest BCUT2D eigenvalue weighted by Gasteiger charge is 2.35. The number of thiophene rings is 1. The van der Waals surface area contributed by atoms with E-state index in [-0.39, 0.29) is 5.91 Å². The van der Waals surface area contributed by atoms with Crippen molar-refractivity contribution in [2.45, 2.75) is 18.5 Å². The van der Waals surface area contributed by atoms with Crippen molar-refractivity contribution in [1.29, 1.82) is 0 Å². The Morgan fingerprint density at radius 2 is 2.04 bits per heavy atom. The Balaban J connectivity index is 1.60. The van der Waals surface area contributed by atoms with Gasteiger partial charge in [-0.05, 0) is 23.6 Å². The van der Waals surface area contributed by atoms with Gasteiger partial charge < -0.3 is 10.3 Å². The third kappa shape index (κ3) is 3.60. The number of aromatic nitrogens is 1. The molecule has 1 aliphatic carbocycles. The highest BCUT2D eigenvalue weighted by Crippen LogP contribution is 2.39. The standard InChI is InChI=1S/C17H15Cl2N3O3S2/c1-27(24,25)22-14-9-5-3-2-4-8(9)6-10(14)21-17(23)11-7-12-15(20-11)13(18)16(19)26-12/h2-5,7,10,14,20,22H,6H2,1H3,(H,21,23)/t10-,14+/m0/s1. The molecule has 142 valence electrons. The Labute approximate surface area is 169 Å². The molecule has 0 unspecified atom stereocenters. The van der Waals surface area contributed by atoms with Gasteiger partial charge in [0, 0.05) is 0 Å². The molecule has 0 radical (unpaired) electrons. The number of carbonyl (C=O) groups excluding carboxylic acids is 1. The summed E-state index contributed by atoms with van der Waals surface area (Å²) in [7, 11) is -3.45. The van der Waals surface area contributed by atoms with E-state index < -0.39 is 22.1 Å². The van der Waals surface area contributed by atoms with Crippen molar-refractivity contribution in [3.63, 3.8) is 0 Å². The smallest absolute Gasteiger partial charge is 0.268 e. The van der Waals surface area contributed by atoms with E-state index in [4.69, 9.17) is 23.2 Å². The molecule has 6 nitrogen and oxygen atoms in total. The molecule has 2 heterocycles. The molecule has 0 aliphatic heterocycles. The van der Waals surface area contributed by atoms with Gasteiger partial charge in [0.15, 0.2) is 0 Å². The summed E-state index contributed by atoms with van der Waals surface area (Å²) in [6.07, 6.45) is 1.65. The Hall–Kier alpha value is -1.58. The van der Waals surface area contributed by atoms with Gasteiger partial charge in [0.25, 0.3) is 5.91 Å². The fraction of sp³-hybridized carbons (Fsp3) is 0.235. The molecule has 0 spiro atoms. The van der Waals surface area contributed by atoms with E-state index in [1.807, 2.05) is 24.3 Å². The summed E-state index contributed by atoms with van der Waals surface area (Å²) in [6, 6.07) is 8.32. The molecule has 2 atom stereocenters. The van der Waals surface area contributed by atoms with E-state index >= 15 is 0 Å². The van der Waals surface area contributed by atoms with Gasteiger partial charge in [0.1, 0.15) is 10.0 Å². The third-order valence-electron chi connectivity index (χ3n) is 4.51. The van der Waals surface area contributed by atoms with Crippen LogP contribution < -0.4 is 10.0 Å². The van der Waals surface area contributed by atoms with E-state index in [2.05, 4.69) is 15.0 Å². The summed E-state index contributed by atoms with van der Waals surface area (Å²) in [6.45, 7) is 0. The van der Waals surface area contributed by atoms with Gasteiger partial charge in [0.05, 0.1) is 33.6 Å². The molecule has 0 fully saturated rings. The van der Waals surface area contributed by atoms with E-state index in [0.29, 0.717) is 27.0 Å². The van der Waals surface area contributed by atoms with Gasteiger partial charge in [-0.1, -0.05) is 47.5 Å². The SMILES string of the molecule is CS(=O)(=O)N[C@@H]1c2ccccc2C[C@@H]1NC(=O)c1cc2sc(Cl)c(Cl)c2[nH]1. The fourth-order valence-electron chi connectivity index (χ4n) is 3.39. The van der Waals surface area contributed by atoms with Crippen LogP contribution in [0.5, 0.6) is 0 Å². The Bertz CT molecular complexity index is 1150. The molecule has 4 rings (SSSR count). The maximum atomic E-state index is 12.7.